The first kappa shape index (κ1) is 13.1. The lowest BCUT2D eigenvalue weighted by molar-refractivity contribution is -0.385. The quantitative estimate of drug-likeness (QED) is 0.675. The van der Waals surface area contributed by atoms with Crippen molar-refractivity contribution in [3.05, 3.63) is 46.2 Å². The highest BCUT2D eigenvalue weighted by Crippen LogP contribution is 2.33. The van der Waals surface area contributed by atoms with Gasteiger partial charge in [-0.1, -0.05) is 0 Å². The van der Waals surface area contributed by atoms with Crippen molar-refractivity contribution < 1.29 is 14.1 Å². The first-order chi connectivity index (χ1) is 9.02. The minimum Gasteiger partial charge on any atom is -0.490 e. The minimum atomic E-state index is -0.488. The third-order valence-electron chi connectivity index (χ3n) is 2.74. The molecule has 2 rings (SSSR count). The molecular weight excluding hydrogens is 248 g/mol. The van der Waals surface area contributed by atoms with Crippen molar-refractivity contribution in [2.24, 2.45) is 5.73 Å². The Morgan fingerprint density at radius 1 is 1.37 bits per heavy atom. The highest BCUT2D eigenvalue weighted by molar-refractivity contribution is 5.65. The van der Waals surface area contributed by atoms with E-state index in [1.807, 2.05) is 0 Å². The number of nitro benzene ring substituents is 1. The van der Waals surface area contributed by atoms with E-state index in [1.54, 1.807) is 31.2 Å². The van der Waals surface area contributed by atoms with Crippen LogP contribution in [0.4, 0.5) is 5.69 Å². The Morgan fingerprint density at radius 3 is 2.63 bits per heavy atom. The summed E-state index contributed by atoms with van der Waals surface area (Å²) < 4.78 is 10.5. The Kier molecular flexibility index (Phi) is 3.52. The van der Waals surface area contributed by atoms with Gasteiger partial charge >= 0.3 is 5.69 Å². The predicted molar refractivity (Wildman–Crippen MR) is 70.0 cm³/mol. The molecule has 0 saturated heterocycles. The van der Waals surface area contributed by atoms with Crippen LogP contribution < -0.4 is 10.5 Å². The molecule has 1 heterocycles. The lowest BCUT2D eigenvalue weighted by atomic mass is 10.1. The smallest absolute Gasteiger partial charge is 0.311 e. The molecule has 1 unspecified atom stereocenters. The Morgan fingerprint density at radius 2 is 2.11 bits per heavy atom. The van der Waals surface area contributed by atoms with Gasteiger partial charge in [-0.2, -0.15) is 0 Å². The molecule has 0 spiro atoms. The maximum absolute atomic E-state index is 11.0. The van der Waals surface area contributed by atoms with Crippen LogP contribution in [0, 0.1) is 10.1 Å². The van der Waals surface area contributed by atoms with Crippen LogP contribution in [0.25, 0.3) is 11.3 Å². The van der Waals surface area contributed by atoms with E-state index < -0.39 is 4.92 Å². The second-order valence-electron chi connectivity index (χ2n) is 4.13. The number of furan rings is 1. The van der Waals surface area contributed by atoms with Crippen molar-refractivity contribution in [2.75, 3.05) is 7.11 Å². The topological polar surface area (TPSA) is 91.5 Å². The van der Waals surface area contributed by atoms with Gasteiger partial charge in [0, 0.05) is 11.6 Å². The molecule has 0 amide bonds. The second-order valence-corrected chi connectivity index (χ2v) is 4.13. The van der Waals surface area contributed by atoms with Crippen molar-refractivity contribution in [2.45, 2.75) is 13.0 Å². The Hall–Kier alpha value is -2.34. The first-order valence-electron chi connectivity index (χ1n) is 5.71. The average Bonchev–Trinajstić information content (AvgIpc) is 2.87. The lowest BCUT2D eigenvalue weighted by Gasteiger charge is -2.04. The second kappa shape index (κ2) is 5.11. The van der Waals surface area contributed by atoms with Crippen LogP contribution in [-0.2, 0) is 0 Å². The molecule has 0 bridgehead atoms. The van der Waals surface area contributed by atoms with Crippen molar-refractivity contribution in [1.82, 2.24) is 0 Å². The third kappa shape index (κ3) is 2.58. The van der Waals surface area contributed by atoms with Gasteiger partial charge in [-0.15, -0.1) is 0 Å². The lowest BCUT2D eigenvalue weighted by Crippen LogP contribution is -2.02. The molecule has 0 fully saturated rings. The maximum Gasteiger partial charge on any atom is 0.311 e. The molecule has 1 aromatic heterocycles. The molecular formula is C13H14N2O4. The van der Waals surface area contributed by atoms with E-state index in [0.29, 0.717) is 17.1 Å². The number of hydrogen-bond acceptors (Lipinski definition) is 5. The molecule has 0 saturated carbocycles. The SMILES string of the molecule is COc1ccc(-c2ccc(C(C)N)o2)cc1[N+](=O)[O-]. The van der Waals surface area contributed by atoms with Gasteiger partial charge in [0.15, 0.2) is 5.75 Å². The van der Waals surface area contributed by atoms with Crippen LogP contribution in [0.2, 0.25) is 0 Å². The monoisotopic (exact) mass is 262 g/mol. The Labute approximate surface area is 109 Å². The van der Waals surface area contributed by atoms with Crippen molar-refractivity contribution in [1.29, 1.82) is 0 Å². The number of nitro groups is 1. The van der Waals surface area contributed by atoms with Gasteiger partial charge in [0.1, 0.15) is 11.5 Å². The van der Waals surface area contributed by atoms with Gasteiger partial charge in [-0.05, 0) is 31.2 Å². The number of ether oxygens (including phenoxy) is 1. The Balaban J connectivity index is 2.44. The fraction of sp³-hybridized carbons (Fsp3) is 0.231. The fourth-order valence-electron chi connectivity index (χ4n) is 1.74. The van der Waals surface area contributed by atoms with Gasteiger partial charge in [-0.25, -0.2) is 0 Å². The van der Waals surface area contributed by atoms with Gasteiger partial charge < -0.3 is 14.9 Å². The summed E-state index contributed by atoms with van der Waals surface area (Å²) in [5.41, 5.74) is 6.22. The van der Waals surface area contributed by atoms with Gasteiger partial charge in [0.25, 0.3) is 0 Å². The summed E-state index contributed by atoms with van der Waals surface area (Å²) in [5.74, 6) is 1.39. The van der Waals surface area contributed by atoms with E-state index >= 15 is 0 Å². The zero-order valence-corrected chi connectivity index (χ0v) is 10.6. The summed E-state index contributed by atoms with van der Waals surface area (Å²) in [6.45, 7) is 1.80. The van der Waals surface area contributed by atoms with E-state index in [9.17, 15) is 10.1 Å². The molecule has 2 aromatic rings. The molecule has 0 aliphatic heterocycles. The number of nitrogens with two attached hydrogens (primary N) is 1. The third-order valence-corrected chi connectivity index (χ3v) is 2.74. The molecule has 1 atom stereocenters. The van der Waals surface area contributed by atoms with E-state index in [2.05, 4.69) is 0 Å². The van der Waals surface area contributed by atoms with Crippen LogP contribution >= 0.6 is 0 Å². The highest BCUT2D eigenvalue weighted by atomic mass is 16.6. The van der Waals surface area contributed by atoms with E-state index in [-0.39, 0.29) is 17.5 Å². The maximum atomic E-state index is 11.0. The standard InChI is InChI=1S/C13H14N2O4/c1-8(14)11-5-6-12(19-11)9-3-4-13(18-2)10(7-9)15(16)17/h3-8H,14H2,1-2H3. The number of methoxy groups -OCH3 is 1. The summed E-state index contributed by atoms with van der Waals surface area (Å²) in [4.78, 5) is 10.5. The van der Waals surface area contributed by atoms with Crippen molar-refractivity contribution in [3.63, 3.8) is 0 Å². The molecule has 100 valence electrons. The number of nitrogens with zero attached hydrogens (tertiary/aromatic N) is 1. The summed E-state index contributed by atoms with van der Waals surface area (Å²) in [5, 5.41) is 11.0. The van der Waals surface area contributed by atoms with E-state index in [0.717, 1.165) is 0 Å². The van der Waals surface area contributed by atoms with Crippen LogP contribution in [0.5, 0.6) is 5.75 Å². The molecule has 1 aromatic carbocycles. The molecule has 0 aliphatic carbocycles. The van der Waals surface area contributed by atoms with E-state index in [4.69, 9.17) is 14.9 Å². The van der Waals surface area contributed by atoms with Crippen LogP contribution in [0.3, 0.4) is 0 Å². The summed E-state index contributed by atoms with van der Waals surface area (Å²) in [6.07, 6.45) is 0. The van der Waals surface area contributed by atoms with Gasteiger partial charge in [-0.3, -0.25) is 10.1 Å². The largest absolute Gasteiger partial charge is 0.490 e. The zero-order valence-electron chi connectivity index (χ0n) is 10.6. The molecule has 6 heteroatoms. The molecule has 2 N–H and O–H groups in total. The summed E-state index contributed by atoms with van der Waals surface area (Å²) >= 11 is 0. The molecule has 19 heavy (non-hydrogen) atoms. The molecule has 6 nitrogen and oxygen atoms in total. The minimum absolute atomic E-state index is 0.0984. The fourth-order valence-corrected chi connectivity index (χ4v) is 1.74. The average molecular weight is 262 g/mol. The number of benzene rings is 1. The first-order valence-corrected chi connectivity index (χ1v) is 5.71. The summed E-state index contributed by atoms with van der Waals surface area (Å²) in [7, 11) is 1.39. The van der Waals surface area contributed by atoms with E-state index in [1.165, 1.54) is 13.2 Å². The molecule has 0 aliphatic rings. The van der Waals surface area contributed by atoms with Crippen LogP contribution in [0.15, 0.2) is 34.7 Å². The predicted octanol–water partition coefficient (Wildman–Crippen LogP) is 2.88. The Bertz CT molecular complexity index is 604. The normalized spacial score (nSPS) is 12.2. The highest BCUT2D eigenvalue weighted by Gasteiger charge is 2.17. The zero-order chi connectivity index (χ0) is 14.0. The van der Waals surface area contributed by atoms with Crippen LogP contribution in [0.1, 0.15) is 18.7 Å². The summed E-state index contributed by atoms with van der Waals surface area (Å²) in [6, 6.07) is 7.95. The molecule has 0 radical (unpaired) electrons. The number of hydrogen-bond donors (Lipinski definition) is 1. The van der Waals surface area contributed by atoms with Crippen LogP contribution in [-0.4, -0.2) is 12.0 Å². The number of rotatable bonds is 4. The van der Waals surface area contributed by atoms with Gasteiger partial charge in [0.05, 0.1) is 18.1 Å². The van der Waals surface area contributed by atoms with Gasteiger partial charge in [0.2, 0.25) is 0 Å². The van der Waals surface area contributed by atoms with Crippen molar-refractivity contribution >= 4 is 5.69 Å². The van der Waals surface area contributed by atoms with Crippen molar-refractivity contribution in [3.8, 4) is 17.1 Å².